The Morgan fingerprint density at radius 2 is 2.11 bits per heavy atom. The van der Waals surface area contributed by atoms with Gasteiger partial charge in [-0.1, -0.05) is 13.0 Å². The molecule has 0 saturated heterocycles. The van der Waals surface area contributed by atoms with E-state index in [1.807, 2.05) is 24.7 Å². The van der Waals surface area contributed by atoms with Gasteiger partial charge in [0.05, 0.1) is 12.8 Å². The Balaban J connectivity index is 2.68. The van der Waals surface area contributed by atoms with E-state index in [1.165, 1.54) is 5.56 Å². The second kappa shape index (κ2) is 4.72. The quantitative estimate of drug-likeness (QED) is 0.904. The standard InChI is InChI=1S/C14H19N3O/c1-5-10-6-7-12(18-4)11(8-10)13-9(2)14(15)16-17(13)3/h6-8H,5H2,1-4H3,(H2,15,16). The summed E-state index contributed by atoms with van der Waals surface area (Å²) in [6.45, 7) is 4.12. The van der Waals surface area contributed by atoms with Crippen molar-refractivity contribution in [2.24, 2.45) is 7.05 Å². The van der Waals surface area contributed by atoms with Gasteiger partial charge in [0, 0.05) is 18.2 Å². The summed E-state index contributed by atoms with van der Waals surface area (Å²) in [7, 11) is 3.58. The van der Waals surface area contributed by atoms with Crippen molar-refractivity contribution < 1.29 is 4.74 Å². The van der Waals surface area contributed by atoms with Crippen molar-refractivity contribution in [3.05, 3.63) is 29.3 Å². The summed E-state index contributed by atoms with van der Waals surface area (Å²) in [6, 6.07) is 6.22. The molecule has 0 fully saturated rings. The molecule has 18 heavy (non-hydrogen) atoms. The molecule has 1 heterocycles. The lowest BCUT2D eigenvalue weighted by molar-refractivity contribution is 0.416. The molecule has 0 spiro atoms. The van der Waals surface area contributed by atoms with Gasteiger partial charge in [-0.25, -0.2) is 0 Å². The van der Waals surface area contributed by atoms with Crippen LogP contribution in [0.5, 0.6) is 5.75 Å². The second-order valence-corrected chi connectivity index (χ2v) is 4.37. The van der Waals surface area contributed by atoms with Crippen molar-refractivity contribution in [1.82, 2.24) is 9.78 Å². The largest absolute Gasteiger partial charge is 0.496 e. The zero-order valence-corrected chi connectivity index (χ0v) is 11.3. The van der Waals surface area contributed by atoms with Crippen molar-refractivity contribution in [2.75, 3.05) is 12.8 Å². The van der Waals surface area contributed by atoms with Crippen LogP contribution in [0.25, 0.3) is 11.3 Å². The van der Waals surface area contributed by atoms with Gasteiger partial charge >= 0.3 is 0 Å². The number of ether oxygens (including phenoxy) is 1. The lowest BCUT2D eigenvalue weighted by Gasteiger charge is -2.11. The molecule has 2 N–H and O–H groups in total. The number of methoxy groups -OCH3 is 1. The van der Waals surface area contributed by atoms with Crippen LogP contribution in [0.3, 0.4) is 0 Å². The number of benzene rings is 1. The molecule has 0 aliphatic carbocycles. The molecule has 4 nitrogen and oxygen atoms in total. The molecular formula is C14H19N3O. The number of nitrogens with two attached hydrogens (primary N) is 1. The van der Waals surface area contributed by atoms with Gasteiger partial charge in [-0.2, -0.15) is 5.10 Å². The van der Waals surface area contributed by atoms with Gasteiger partial charge in [-0.3, -0.25) is 4.68 Å². The molecule has 4 heteroatoms. The first-order valence-corrected chi connectivity index (χ1v) is 6.04. The first-order chi connectivity index (χ1) is 8.58. The normalized spacial score (nSPS) is 10.7. The van der Waals surface area contributed by atoms with E-state index in [2.05, 4.69) is 24.2 Å². The molecule has 0 unspecified atom stereocenters. The molecule has 1 aromatic carbocycles. The van der Waals surface area contributed by atoms with Gasteiger partial charge in [0.2, 0.25) is 0 Å². The smallest absolute Gasteiger partial charge is 0.149 e. The van der Waals surface area contributed by atoms with Crippen LogP contribution in [0.4, 0.5) is 5.82 Å². The van der Waals surface area contributed by atoms with Crippen LogP contribution < -0.4 is 10.5 Å². The maximum absolute atomic E-state index is 5.87. The van der Waals surface area contributed by atoms with E-state index in [9.17, 15) is 0 Å². The third kappa shape index (κ3) is 1.94. The summed E-state index contributed by atoms with van der Waals surface area (Å²) in [5.74, 6) is 1.41. The van der Waals surface area contributed by atoms with E-state index in [0.29, 0.717) is 5.82 Å². The highest BCUT2D eigenvalue weighted by atomic mass is 16.5. The van der Waals surface area contributed by atoms with Crippen LogP contribution in [0, 0.1) is 6.92 Å². The number of nitrogens with zero attached hydrogens (tertiary/aromatic N) is 2. The number of aryl methyl sites for hydroxylation is 2. The van der Waals surface area contributed by atoms with Crippen molar-refractivity contribution in [2.45, 2.75) is 20.3 Å². The monoisotopic (exact) mass is 245 g/mol. The molecule has 2 aromatic rings. The summed E-state index contributed by atoms with van der Waals surface area (Å²) in [5, 5.41) is 4.26. The third-order valence-corrected chi connectivity index (χ3v) is 3.25. The van der Waals surface area contributed by atoms with Crippen molar-refractivity contribution >= 4 is 5.82 Å². The highest BCUT2D eigenvalue weighted by molar-refractivity contribution is 5.74. The van der Waals surface area contributed by atoms with E-state index in [-0.39, 0.29) is 0 Å². The molecule has 1 aromatic heterocycles. The van der Waals surface area contributed by atoms with Crippen molar-refractivity contribution in [3.8, 4) is 17.0 Å². The molecule has 0 atom stereocenters. The van der Waals surface area contributed by atoms with Crippen molar-refractivity contribution in [1.29, 1.82) is 0 Å². The molecule has 0 saturated carbocycles. The van der Waals surface area contributed by atoms with Crippen LogP contribution >= 0.6 is 0 Å². The van der Waals surface area contributed by atoms with E-state index in [1.54, 1.807) is 7.11 Å². The van der Waals surface area contributed by atoms with Crippen LogP contribution in [-0.4, -0.2) is 16.9 Å². The number of hydrogen-bond donors (Lipinski definition) is 1. The Morgan fingerprint density at radius 1 is 1.39 bits per heavy atom. The van der Waals surface area contributed by atoms with Gasteiger partial charge < -0.3 is 10.5 Å². The minimum atomic E-state index is 0.566. The fourth-order valence-electron chi connectivity index (χ4n) is 2.19. The Morgan fingerprint density at radius 3 is 2.61 bits per heavy atom. The predicted molar refractivity (Wildman–Crippen MR) is 73.7 cm³/mol. The minimum absolute atomic E-state index is 0.566. The zero-order valence-electron chi connectivity index (χ0n) is 11.3. The Bertz CT molecular complexity index is 573. The summed E-state index contributed by atoms with van der Waals surface area (Å²) in [4.78, 5) is 0. The highest BCUT2D eigenvalue weighted by Crippen LogP contribution is 2.34. The van der Waals surface area contributed by atoms with Crippen LogP contribution in [-0.2, 0) is 13.5 Å². The SMILES string of the molecule is CCc1ccc(OC)c(-c2c(C)c(N)nn2C)c1. The molecule has 0 aliphatic rings. The molecule has 0 radical (unpaired) electrons. The summed E-state index contributed by atoms with van der Waals surface area (Å²) in [5.41, 5.74) is 10.2. The fourth-order valence-corrected chi connectivity index (χ4v) is 2.19. The van der Waals surface area contributed by atoms with Crippen molar-refractivity contribution in [3.63, 3.8) is 0 Å². The average Bonchev–Trinajstić information content (AvgIpc) is 2.62. The van der Waals surface area contributed by atoms with E-state index in [0.717, 1.165) is 29.0 Å². The molecule has 0 bridgehead atoms. The average molecular weight is 245 g/mol. The number of hydrogen-bond acceptors (Lipinski definition) is 3. The molecule has 0 aliphatic heterocycles. The number of aromatic nitrogens is 2. The summed E-state index contributed by atoms with van der Waals surface area (Å²) in [6.07, 6.45) is 0.989. The van der Waals surface area contributed by atoms with E-state index < -0.39 is 0 Å². The molecule has 2 rings (SSSR count). The summed E-state index contributed by atoms with van der Waals surface area (Å²) >= 11 is 0. The van der Waals surface area contributed by atoms with Gasteiger partial charge in [0.1, 0.15) is 11.6 Å². The number of nitrogen functional groups attached to an aromatic ring is 1. The Kier molecular flexibility index (Phi) is 3.28. The Hall–Kier alpha value is -1.97. The van der Waals surface area contributed by atoms with E-state index in [4.69, 9.17) is 10.5 Å². The number of anilines is 1. The number of rotatable bonds is 3. The lowest BCUT2D eigenvalue weighted by Crippen LogP contribution is -1.98. The van der Waals surface area contributed by atoms with Gasteiger partial charge in [-0.05, 0) is 31.0 Å². The van der Waals surface area contributed by atoms with Gasteiger partial charge in [0.15, 0.2) is 0 Å². The minimum Gasteiger partial charge on any atom is -0.496 e. The first kappa shape index (κ1) is 12.5. The molecular weight excluding hydrogens is 226 g/mol. The van der Waals surface area contributed by atoms with E-state index >= 15 is 0 Å². The van der Waals surface area contributed by atoms with Crippen LogP contribution in [0.2, 0.25) is 0 Å². The molecule has 0 amide bonds. The van der Waals surface area contributed by atoms with Gasteiger partial charge in [0.25, 0.3) is 0 Å². The maximum atomic E-state index is 5.87. The predicted octanol–water partition coefficient (Wildman–Crippen LogP) is 2.55. The van der Waals surface area contributed by atoms with Crippen LogP contribution in [0.1, 0.15) is 18.1 Å². The lowest BCUT2D eigenvalue weighted by atomic mass is 10.0. The third-order valence-electron chi connectivity index (χ3n) is 3.25. The Labute approximate surface area is 107 Å². The zero-order chi connectivity index (χ0) is 13.3. The topological polar surface area (TPSA) is 53.1 Å². The molecule has 96 valence electrons. The summed E-state index contributed by atoms with van der Waals surface area (Å²) < 4.78 is 7.24. The highest BCUT2D eigenvalue weighted by Gasteiger charge is 2.16. The first-order valence-electron chi connectivity index (χ1n) is 6.04. The van der Waals surface area contributed by atoms with Crippen LogP contribution in [0.15, 0.2) is 18.2 Å². The fraction of sp³-hybridized carbons (Fsp3) is 0.357. The van der Waals surface area contributed by atoms with Gasteiger partial charge in [-0.15, -0.1) is 0 Å². The second-order valence-electron chi connectivity index (χ2n) is 4.37. The maximum Gasteiger partial charge on any atom is 0.149 e.